The van der Waals surface area contributed by atoms with Crippen LogP contribution in [-0.4, -0.2) is 30.6 Å². The van der Waals surface area contributed by atoms with Gasteiger partial charge in [-0.15, -0.1) is 0 Å². The van der Waals surface area contributed by atoms with Crippen molar-refractivity contribution in [1.82, 2.24) is 10.3 Å². The number of ether oxygens (including phenoxy) is 1. The SMILES string of the molecule is CCOC(=O)c1[nH]c2ccc(C)cc2c1C1CCNCC1. The highest BCUT2D eigenvalue weighted by atomic mass is 16.5. The van der Waals surface area contributed by atoms with Gasteiger partial charge in [-0.3, -0.25) is 0 Å². The first-order valence-electron chi connectivity index (χ1n) is 7.70. The zero-order chi connectivity index (χ0) is 14.8. The van der Waals surface area contributed by atoms with Gasteiger partial charge >= 0.3 is 5.97 Å². The molecule has 0 amide bonds. The Bertz CT molecular complexity index is 654. The van der Waals surface area contributed by atoms with Gasteiger partial charge in [0.25, 0.3) is 0 Å². The molecular weight excluding hydrogens is 264 g/mol. The molecule has 21 heavy (non-hydrogen) atoms. The van der Waals surface area contributed by atoms with E-state index in [4.69, 9.17) is 4.74 Å². The van der Waals surface area contributed by atoms with Crippen LogP contribution < -0.4 is 5.32 Å². The predicted octanol–water partition coefficient (Wildman–Crippen LogP) is 3.12. The van der Waals surface area contributed by atoms with Crippen molar-refractivity contribution < 1.29 is 9.53 Å². The van der Waals surface area contributed by atoms with Crippen molar-refractivity contribution >= 4 is 16.9 Å². The van der Waals surface area contributed by atoms with Gasteiger partial charge in [0, 0.05) is 10.9 Å². The van der Waals surface area contributed by atoms with E-state index in [0.29, 0.717) is 18.2 Å². The van der Waals surface area contributed by atoms with E-state index in [1.807, 2.05) is 6.92 Å². The third kappa shape index (κ3) is 2.68. The van der Waals surface area contributed by atoms with Gasteiger partial charge in [0.1, 0.15) is 5.69 Å². The number of rotatable bonds is 3. The maximum atomic E-state index is 12.3. The van der Waals surface area contributed by atoms with Crippen LogP contribution in [0.5, 0.6) is 0 Å². The average molecular weight is 286 g/mol. The lowest BCUT2D eigenvalue weighted by Crippen LogP contribution is -2.27. The highest BCUT2D eigenvalue weighted by Gasteiger charge is 2.26. The van der Waals surface area contributed by atoms with Gasteiger partial charge in [-0.05, 0) is 63.4 Å². The summed E-state index contributed by atoms with van der Waals surface area (Å²) in [5.74, 6) is 0.182. The van der Waals surface area contributed by atoms with Crippen molar-refractivity contribution in [2.75, 3.05) is 19.7 Å². The number of hydrogen-bond donors (Lipinski definition) is 2. The minimum Gasteiger partial charge on any atom is -0.461 e. The Morgan fingerprint density at radius 1 is 1.33 bits per heavy atom. The Labute approximate surface area is 124 Å². The molecule has 1 saturated heterocycles. The van der Waals surface area contributed by atoms with Crippen LogP contribution in [0.2, 0.25) is 0 Å². The molecular formula is C17H22N2O2. The van der Waals surface area contributed by atoms with Gasteiger partial charge in [-0.2, -0.15) is 0 Å². The fourth-order valence-electron chi connectivity index (χ4n) is 3.23. The van der Waals surface area contributed by atoms with Gasteiger partial charge in [-0.1, -0.05) is 11.6 Å². The van der Waals surface area contributed by atoms with Crippen LogP contribution in [0, 0.1) is 6.92 Å². The first-order chi connectivity index (χ1) is 10.2. The quantitative estimate of drug-likeness (QED) is 0.852. The van der Waals surface area contributed by atoms with Crippen LogP contribution in [0.1, 0.15) is 47.3 Å². The molecule has 4 heteroatoms. The molecule has 2 heterocycles. The van der Waals surface area contributed by atoms with E-state index in [0.717, 1.165) is 37.0 Å². The largest absolute Gasteiger partial charge is 0.461 e. The molecule has 2 N–H and O–H groups in total. The van der Waals surface area contributed by atoms with Crippen LogP contribution >= 0.6 is 0 Å². The second kappa shape index (κ2) is 5.90. The molecule has 1 fully saturated rings. The third-order valence-electron chi connectivity index (χ3n) is 4.22. The van der Waals surface area contributed by atoms with E-state index < -0.39 is 0 Å². The maximum Gasteiger partial charge on any atom is 0.355 e. The minimum absolute atomic E-state index is 0.236. The summed E-state index contributed by atoms with van der Waals surface area (Å²) >= 11 is 0. The standard InChI is InChI=1S/C17H22N2O2/c1-3-21-17(20)16-15(12-6-8-18-9-7-12)13-10-11(2)4-5-14(13)19-16/h4-5,10,12,18-19H,3,6-9H2,1-2H3. The maximum absolute atomic E-state index is 12.3. The number of aromatic nitrogens is 1. The fourth-order valence-corrected chi connectivity index (χ4v) is 3.23. The molecule has 0 spiro atoms. The summed E-state index contributed by atoms with van der Waals surface area (Å²) in [5, 5.41) is 4.55. The Morgan fingerprint density at radius 2 is 2.10 bits per heavy atom. The Balaban J connectivity index is 2.13. The van der Waals surface area contributed by atoms with E-state index in [1.54, 1.807) is 0 Å². The van der Waals surface area contributed by atoms with Crippen LogP contribution in [0.15, 0.2) is 18.2 Å². The average Bonchev–Trinajstić information content (AvgIpc) is 2.87. The molecule has 112 valence electrons. The highest BCUT2D eigenvalue weighted by Crippen LogP contribution is 2.35. The molecule has 0 aliphatic carbocycles. The van der Waals surface area contributed by atoms with Gasteiger partial charge < -0.3 is 15.0 Å². The Hall–Kier alpha value is -1.81. The summed E-state index contributed by atoms with van der Waals surface area (Å²) < 4.78 is 5.23. The van der Waals surface area contributed by atoms with Crippen LogP contribution in [0.3, 0.4) is 0 Å². The lowest BCUT2D eigenvalue weighted by molar-refractivity contribution is 0.0518. The van der Waals surface area contributed by atoms with E-state index in [-0.39, 0.29) is 5.97 Å². The number of esters is 1. The van der Waals surface area contributed by atoms with E-state index in [1.165, 1.54) is 10.9 Å². The molecule has 0 atom stereocenters. The van der Waals surface area contributed by atoms with Crippen LogP contribution in [-0.2, 0) is 4.74 Å². The van der Waals surface area contributed by atoms with Crippen LogP contribution in [0.4, 0.5) is 0 Å². The number of piperidine rings is 1. The second-order valence-corrected chi connectivity index (χ2v) is 5.71. The number of nitrogens with one attached hydrogen (secondary N) is 2. The summed E-state index contributed by atoms with van der Waals surface area (Å²) in [6.45, 7) is 6.34. The van der Waals surface area contributed by atoms with Gasteiger partial charge in [0.15, 0.2) is 0 Å². The lowest BCUT2D eigenvalue weighted by atomic mass is 9.88. The molecule has 0 saturated carbocycles. The van der Waals surface area contributed by atoms with Crippen molar-refractivity contribution in [1.29, 1.82) is 0 Å². The molecule has 1 aliphatic rings. The lowest BCUT2D eigenvalue weighted by Gasteiger charge is -2.23. The monoisotopic (exact) mass is 286 g/mol. The van der Waals surface area contributed by atoms with Crippen molar-refractivity contribution in [3.63, 3.8) is 0 Å². The number of aryl methyl sites for hydroxylation is 1. The summed E-state index contributed by atoms with van der Waals surface area (Å²) in [6, 6.07) is 6.30. The number of carbonyl (C=O) groups excluding carboxylic acids is 1. The van der Waals surface area contributed by atoms with Gasteiger partial charge in [0.05, 0.1) is 6.61 Å². The van der Waals surface area contributed by atoms with Gasteiger partial charge in [-0.25, -0.2) is 4.79 Å². The summed E-state index contributed by atoms with van der Waals surface area (Å²) in [5.41, 5.74) is 4.03. The number of fused-ring (bicyclic) bond motifs is 1. The number of benzene rings is 1. The molecule has 0 unspecified atom stereocenters. The molecule has 2 aromatic rings. The molecule has 1 aliphatic heterocycles. The van der Waals surface area contributed by atoms with E-state index in [2.05, 4.69) is 35.4 Å². The zero-order valence-corrected chi connectivity index (χ0v) is 12.7. The first kappa shape index (κ1) is 14.1. The normalized spacial score (nSPS) is 16.3. The highest BCUT2D eigenvalue weighted by molar-refractivity contribution is 5.99. The summed E-state index contributed by atoms with van der Waals surface area (Å²) in [7, 11) is 0. The molecule has 0 bridgehead atoms. The van der Waals surface area contributed by atoms with Crippen molar-refractivity contribution in [2.24, 2.45) is 0 Å². The number of H-pyrrole nitrogens is 1. The van der Waals surface area contributed by atoms with Crippen LogP contribution in [0.25, 0.3) is 10.9 Å². The van der Waals surface area contributed by atoms with Crippen molar-refractivity contribution in [2.45, 2.75) is 32.6 Å². The summed E-state index contributed by atoms with van der Waals surface area (Å²) in [4.78, 5) is 15.6. The van der Waals surface area contributed by atoms with Crippen molar-refractivity contribution in [3.05, 3.63) is 35.0 Å². The fraction of sp³-hybridized carbons (Fsp3) is 0.471. The molecule has 4 nitrogen and oxygen atoms in total. The smallest absolute Gasteiger partial charge is 0.355 e. The molecule has 1 aromatic heterocycles. The second-order valence-electron chi connectivity index (χ2n) is 5.71. The van der Waals surface area contributed by atoms with Crippen molar-refractivity contribution in [3.8, 4) is 0 Å². The topological polar surface area (TPSA) is 54.1 Å². The van der Waals surface area contributed by atoms with E-state index >= 15 is 0 Å². The Morgan fingerprint density at radius 3 is 2.81 bits per heavy atom. The first-order valence-corrected chi connectivity index (χ1v) is 7.70. The number of aromatic amines is 1. The molecule has 1 aromatic carbocycles. The Kier molecular flexibility index (Phi) is 3.97. The number of hydrogen-bond acceptors (Lipinski definition) is 3. The summed E-state index contributed by atoms with van der Waals surface area (Å²) in [6.07, 6.45) is 2.13. The van der Waals surface area contributed by atoms with Gasteiger partial charge in [0.2, 0.25) is 0 Å². The third-order valence-corrected chi connectivity index (χ3v) is 4.22. The van der Waals surface area contributed by atoms with E-state index in [9.17, 15) is 4.79 Å². The minimum atomic E-state index is -0.236. The zero-order valence-electron chi connectivity index (χ0n) is 12.7. The number of carbonyl (C=O) groups is 1. The molecule has 0 radical (unpaired) electrons. The molecule has 3 rings (SSSR count). The predicted molar refractivity (Wildman–Crippen MR) is 83.8 cm³/mol.